The highest BCUT2D eigenvalue weighted by Gasteiger charge is 2.22. The molecule has 2 heterocycles. The van der Waals surface area contributed by atoms with Crippen LogP contribution in [0.25, 0.3) is 11.3 Å². The molecule has 0 N–H and O–H groups in total. The van der Waals surface area contributed by atoms with Crippen LogP contribution in [0.15, 0.2) is 34.7 Å². The van der Waals surface area contributed by atoms with Gasteiger partial charge in [0.15, 0.2) is 5.76 Å². The molecule has 1 aromatic carbocycles. The number of amides is 1. The summed E-state index contributed by atoms with van der Waals surface area (Å²) >= 11 is 11.7. The normalized spacial score (nSPS) is 14.8. The molecule has 1 aliphatic rings. The number of rotatable bonds is 2. The maximum atomic E-state index is 11.4. The first kappa shape index (κ1) is 17.0. The standard InChI is InChI=1S/C18H19ClN2O2S/c1-12-3-4-14(11-15(12)19)16-5-6-17(23-16)18(24)21-9-7-20(8-10-21)13(2)22/h3-6,11H,7-10H2,1-2H3. The summed E-state index contributed by atoms with van der Waals surface area (Å²) in [6.45, 7) is 6.40. The van der Waals surface area contributed by atoms with Crippen LogP contribution in [-0.2, 0) is 4.79 Å². The summed E-state index contributed by atoms with van der Waals surface area (Å²) in [6, 6.07) is 9.66. The molecule has 0 atom stereocenters. The van der Waals surface area contributed by atoms with Crippen molar-refractivity contribution in [2.75, 3.05) is 26.2 Å². The van der Waals surface area contributed by atoms with Crippen LogP contribution in [-0.4, -0.2) is 46.9 Å². The van der Waals surface area contributed by atoms with Gasteiger partial charge in [-0.25, -0.2) is 0 Å². The molecule has 1 aromatic heterocycles. The second kappa shape index (κ2) is 6.95. The van der Waals surface area contributed by atoms with Gasteiger partial charge in [-0.2, -0.15) is 0 Å². The van der Waals surface area contributed by atoms with Crippen LogP contribution in [0, 0.1) is 6.92 Å². The minimum atomic E-state index is 0.108. The van der Waals surface area contributed by atoms with Gasteiger partial charge >= 0.3 is 0 Å². The maximum absolute atomic E-state index is 11.4. The lowest BCUT2D eigenvalue weighted by molar-refractivity contribution is -0.130. The quantitative estimate of drug-likeness (QED) is 0.762. The average molecular weight is 363 g/mol. The Labute approximate surface area is 152 Å². The molecule has 1 amide bonds. The summed E-state index contributed by atoms with van der Waals surface area (Å²) in [7, 11) is 0. The Balaban J connectivity index is 1.72. The first-order chi connectivity index (χ1) is 11.5. The van der Waals surface area contributed by atoms with E-state index in [1.807, 2.05) is 42.2 Å². The predicted octanol–water partition coefficient (Wildman–Crippen LogP) is 3.75. The average Bonchev–Trinajstić information content (AvgIpc) is 3.07. The fourth-order valence-electron chi connectivity index (χ4n) is 2.73. The topological polar surface area (TPSA) is 36.7 Å². The van der Waals surface area contributed by atoms with Gasteiger partial charge in [-0.15, -0.1) is 0 Å². The molecule has 1 fully saturated rings. The number of carbonyl (C=O) groups is 1. The number of nitrogens with zero attached hydrogens (tertiary/aromatic N) is 2. The summed E-state index contributed by atoms with van der Waals surface area (Å²) in [4.78, 5) is 16.0. The van der Waals surface area contributed by atoms with E-state index < -0.39 is 0 Å². The number of furan rings is 1. The van der Waals surface area contributed by atoms with Gasteiger partial charge in [0.25, 0.3) is 0 Å². The number of hydrogen-bond donors (Lipinski definition) is 0. The van der Waals surface area contributed by atoms with Gasteiger partial charge in [0.1, 0.15) is 10.7 Å². The van der Waals surface area contributed by atoms with Crippen molar-refractivity contribution in [3.8, 4) is 11.3 Å². The Morgan fingerprint density at radius 3 is 2.42 bits per heavy atom. The third kappa shape index (κ3) is 3.47. The minimum absolute atomic E-state index is 0.108. The number of carbonyl (C=O) groups excluding carboxylic acids is 1. The second-order valence-electron chi connectivity index (χ2n) is 5.93. The molecule has 6 heteroatoms. The van der Waals surface area contributed by atoms with Crippen molar-refractivity contribution >= 4 is 34.7 Å². The molecular formula is C18H19ClN2O2S. The Kier molecular flexibility index (Phi) is 4.92. The molecule has 126 valence electrons. The van der Waals surface area contributed by atoms with E-state index in [4.69, 9.17) is 28.2 Å². The lowest BCUT2D eigenvalue weighted by Crippen LogP contribution is -2.49. The maximum Gasteiger partial charge on any atom is 0.219 e. The van der Waals surface area contributed by atoms with Crippen molar-refractivity contribution in [3.63, 3.8) is 0 Å². The smallest absolute Gasteiger partial charge is 0.219 e. The Bertz CT molecular complexity index is 779. The molecule has 0 unspecified atom stereocenters. The predicted molar refractivity (Wildman–Crippen MR) is 99.4 cm³/mol. The Morgan fingerprint density at radius 1 is 1.12 bits per heavy atom. The van der Waals surface area contributed by atoms with Crippen LogP contribution in [0.2, 0.25) is 5.02 Å². The van der Waals surface area contributed by atoms with Crippen molar-refractivity contribution in [3.05, 3.63) is 46.7 Å². The molecule has 0 aliphatic carbocycles. The number of halogens is 1. The third-order valence-corrected chi connectivity index (χ3v) is 5.15. The van der Waals surface area contributed by atoms with Gasteiger partial charge in [-0.3, -0.25) is 4.79 Å². The van der Waals surface area contributed by atoms with E-state index in [2.05, 4.69) is 4.90 Å². The van der Waals surface area contributed by atoms with Crippen LogP contribution in [0.4, 0.5) is 0 Å². The molecule has 4 nitrogen and oxygen atoms in total. The number of benzene rings is 1. The van der Waals surface area contributed by atoms with Crippen molar-refractivity contribution in [2.45, 2.75) is 13.8 Å². The van der Waals surface area contributed by atoms with E-state index in [9.17, 15) is 4.79 Å². The van der Waals surface area contributed by atoms with Crippen molar-refractivity contribution < 1.29 is 9.21 Å². The highest BCUT2D eigenvalue weighted by molar-refractivity contribution is 7.80. The fourth-order valence-corrected chi connectivity index (χ4v) is 3.21. The summed E-state index contributed by atoms with van der Waals surface area (Å²) in [6.07, 6.45) is 0. The van der Waals surface area contributed by atoms with Gasteiger partial charge in [0, 0.05) is 43.7 Å². The molecule has 24 heavy (non-hydrogen) atoms. The molecular weight excluding hydrogens is 344 g/mol. The zero-order chi connectivity index (χ0) is 17.3. The monoisotopic (exact) mass is 362 g/mol. The number of hydrogen-bond acceptors (Lipinski definition) is 3. The fraction of sp³-hybridized carbons (Fsp3) is 0.333. The zero-order valence-electron chi connectivity index (χ0n) is 13.7. The molecule has 0 radical (unpaired) electrons. The minimum Gasteiger partial charge on any atom is -0.454 e. The van der Waals surface area contributed by atoms with E-state index in [0.717, 1.165) is 30.0 Å². The van der Waals surface area contributed by atoms with Gasteiger partial charge in [-0.05, 0) is 30.7 Å². The molecule has 0 bridgehead atoms. The summed E-state index contributed by atoms with van der Waals surface area (Å²) in [5.74, 6) is 1.53. The van der Waals surface area contributed by atoms with Crippen LogP contribution in [0.5, 0.6) is 0 Å². The molecule has 2 aromatic rings. The molecule has 0 saturated carbocycles. The Morgan fingerprint density at radius 2 is 1.79 bits per heavy atom. The van der Waals surface area contributed by atoms with Gasteiger partial charge < -0.3 is 14.2 Å². The van der Waals surface area contributed by atoms with Gasteiger partial charge in [-0.1, -0.05) is 36.0 Å². The first-order valence-corrected chi connectivity index (χ1v) is 8.65. The molecule has 1 aliphatic heterocycles. The SMILES string of the molecule is CC(=O)N1CCN(C(=S)c2ccc(-c3ccc(C)c(Cl)c3)o2)CC1. The lowest BCUT2D eigenvalue weighted by atomic mass is 10.1. The van der Waals surface area contributed by atoms with Crippen molar-refractivity contribution in [2.24, 2.45) is 0 Å². The van der Waals surface area contributed by atoms with Crippen LogP contribution in [0.3, 0.4) is 0 Å². The number of piperazine rings is 1. The van der Waals surface area contributed by atoms with Crippen molar-refractivity contribution in [1.29, 1.82) is 0 Å². The van der Waals surface area contributed by atoms with Crippen LogP contribution >= 0.6 is 23.8 Å². The van der Waals surface area contributed by atoms with E-state index in [-0.39, 0.29) is 5.91 Å². The van der Waals surface area contributed by atoms with Crippen molar-refractivity contribution in [1.82, 2.24) is 9.80 Å². The lowest BCUT2D eigenvalue weighted by Gasteiger charge is -2.35. The third-order valence-electron chi connectivity index (χ3n) is 4.29. The number of aryl methyl sites for hydroxylation is 1. The Hall–Kier alpha value is -1.85. The van der Waals surface area contributed by atoms with Crippen LogP contribution < -0.4 is 0 Å². The summed E-state index contributed by atoms with van der Waals surface area (Å²) in [5.41, 5.74) is 1.96. The van der Waals surface area contributed by atoms with Crippen LogP contribution in [0.1, 0.15) is 18.2 Å². The largest absolute Gasteiger partial charge is 0.454 e. The zero-order valence-corrected chi connectivity index (χ0v) is 15.3. The molecule has 3 rings (SSSR count). The number of thiocarbonyl (C=S) groups is 1. The van der Waals surface area contributed by atoms with E-state index in [1.54, 1.807) is 6.92 Å². The molecule has 0 spiro atoms. The first-order valence-electron chi connectivity index (χ1n) is 7.87. The summed E-state index contributed by atoms with van der Waals surface area (Å²) in [5, 5.41) is 0.716. The highest BCUT2D eigenvalue weighted by Crippen LogP contribution is 2.27. The van der Waals surface area contributed by atoms with E-state index in [0.29, 0.717) is 28.9 Å². The highest BCUT2D eigenvalue weighted by atomic mass is 35.5. The van der Waals surface area contributed by atoms with E-state index in [1.165, 1.54) is 0 Å². The van der Waals surface area contributed by atoms with E-state index >= 15 is 0 Å². The second-order valence-corrected chi connectivity index (χ2v) is 6.72. The molecule has 1 saturated heterocycles. The van der Waals surface area contributed by atoms with Gasteiger partial charge in [0.05, 0.1) is 0 Å². The summed E-state index contributed by atoms with van der Waals surface area (Å²) < 4.78 is 5.93. The van der Waals surface area contributed by atoms with Gasteiger partial charge in [0.2, 0.25) is 5.91 Å².